The minimum absolute atomic E-state index is 0.0258. The van der Waals surface area contributed by atoms with Gasteiger partial charge in [0.2, 0.25) is 5.91 Å². The van der Waals surface area contributed by atoms with Crippen molar-refractivity contribution in [2.75, 3.05) is 7.05 Å². The fraction of sp³-hybridized carbons (Fsp3) is 0.594. The Morgan fingerprint density at radius 2 is 1.68 bits per heavy atom. The minimum atomic E-state index is -0.910. The number of ketones is 1. The van der Waals surface area contributed by atoms with Gasteiger partial charge >= 0.3 is 5.97 Å². The van der Waals surface area contributed by atoms with Crippen LogP contribution in [-0.2, 0) is 20.8 Å². The Kier molecular flexibility index (Phi) is 13.6. The van der Waals surface area contributed by atoms with Gasteiger partial charge in [0.05, 0.1) is 10.9 Å². The number of carboxylic acid groups (broad SMARTS) is 1. The number of carbonyl (C=O) groups is 4. The molecule has 0 aliphatic carbocycles. The van der Waals surface area contributed by atoms with Crippen molar-refractivity contribution in [3.05, 3.63) is 52.0 Å². The summed E-state index contributed by atoms with van der Waals surface area (Å²) in [7, 11) is 1.84. The highest BCUT2D eigenvalue weighted by Gasteiger charge is 2.30. The smallest absolute Gasteiger partial charge is 0.306 e. The first-order chi connectivity index (χ1) is 19.3. The maximum Gasteiger partial charge on any atom is 0.306 e. The molecule has 0 spiro atoms. The molecular weight excluding hydrogens is 538 g/mol. The molecule has 41 heavy (non-hydrogen) atoms. The molecule has 0 radical (unpaired) electrons. The molecule has 2 aromatic rings. The van der Waals surface area contributed by atoms with Crippen molar-refractivity contribution in [3.63, 3.8) is 0 Å². The first kappa shape index (κ1) is 34.1. The zero-order chi connectivity index (χ0) is 30.7. The Morgan fingerprint density at radius 3 is 2.24 bits per heavy atom. The molecule has 9 heteroatoms. The molecule has 2 amide bonds. The molecule has 1 aromatic heterocycles. The lowest BCUT2D eigenvalue weighted by atomic mass is 9.88. The second kappa shape index (κ2) is 16.4. The molecule has 0 aliphatic heterocycles. The molecule has 2 rings (SSSR count). The monoisotopic (exact) mass is 585 g/mol. The van der Waals surface area contributed by atoms with Crippen LogP contribution in [0.2, 0.25) is 0 Å². The van der Waals surface area contributed by atoms with E-state index in [1.807, 2.05) is 42.3 Å². The van der Waals surface area contributed by atoms with E-state index in [0.717, 1.165) is 12.0 Å². The molecule has 8 nitrogen and oxygen atoms in total. The Morgan fingerprint density at radius 1 is 1.02 bits per heavy atom. The molecule has 0 saturated heterocycles. The number of carbonyl (C=O) groups excluding carboxylic acids is 3. The van der Waals surface area contributed by atoms with Crippen molar-refractivity contribution in [1.29, 1.82) is 0 Å². The van der Waals surface area contributed by atoms with E-state index in [9.17, 15) is 24.3 Å². The molecule has 5 atom stereocenters. The third kappa shape index (κ3) is 11.0. The summed E-state index contributed by atoms with van der Waals surface area (Å²) in [6.07, 6.45) is 3.05. The summed E-state index contributed by atoms with van der Waals surface area (Å²) in [5, 5.41) is 14.8. The van der Waals surface area contributed by atoms with E-state index in [1.165, 1.54) is 11.3 Å². The van der Waals surface area contributed by atoms with Gasteiger partial charge in [-0.25, -0.2) is 4.98 Å². The molecule has 1 aromatic carbocycles. The maximum absolute atomic E-state index is 13.3. The van der Waals surface area contributed by atoms with Gasteiger partial charge in [-0.3, -0.25) is 14.4 Å². The van der Waals surface area contributed by atoms with Crippen LogP contribution in [0.15, 0.2) is 35.7 Å². The van der Waals surface area contributed by atoms with Crippen LogP contribution >= 0.6 is 11.3 Å². The largest absolute Gasteiger partial charge is 0.481 e. The lowest BCUT2D eigenvalue weighted by Crippen LogP contribution is -2.42. The van der Waals surface area contributed by atoms with Gasteiger partial charge in [0, 0.05) is 43.3 Å². The second-order valence-corrected chi connectivity index (χ2v) is 12.7. The third-order valence-corrected chi connectivity index (χ3v) is 8.77. The highest BCUT2D eigenvalue weighted by atomic mass is 32.1. The molecular formula is C32H47N3O5S. The normalized spacial score (nSPS) is 15.0. The van der Waals surface area contributed by atoms with Crippen LogP contribution in [0.3, 0.4) is 0 Å². The number of carboxylic acids is 1. The molecule has 1 unspecified atom stereocenters. The average Bonchev–Trinajstić information content (AvgIpc) is 3.41. The molecule has 226 valence electrons. The van der Waals surface area contributed by atoms with Crippen LogP contribution in [-0.4, -0.2) is 57.7 Å². The number of aromatic nitrogens is 1. The fourth-order valence-electron chi connectivity index (χ4n) is 5.02. The third-order valence-electron chi connectivity index (χ3n) is 7.76. The number of Topliss-reactive ketones (excluding diaryl/α,β-unsaturated/α-hetero) is 1. The van der Waals surface area contributed by atoms with Crippen molar-refractivity contribution in [2.45, 2.75) is 98.1 Å². The zero-order valence-electron chi connectivity index (χ0n) is 25.6. The fourth-order valence-corrected chi connectivity index (χ4v) is 5.93. The Bertz CT molecular complexity index is 1150. The van der Waals surface area contributed by atoms with Gasteiger partial charge in [-0.15, -0.1) is 11.3 Å². The predicted octanol–water partition coefficient (Wildman–Crippen LogP) is 5.97. The number of nitrogens with one attached hydrogen (secondary N) is 1. The molecule has 0 saturated carbocycles. The first-order valence-electron chi connectivity index (χ1n) is 14.6. The van der Waals surface area contributed by atoms with Crippen molar-refractivity contribution in [3.8, 4) is 0 Å². The SMILES string of the molecule is CC[C@H](C)CC(=O)N(C)C(C[C@@H](CC(C)=O)c1nc(C(=O)N[C@@H](Cc2ccccc2)C[C@H](C)C(=O)O)cs1)C(C)C. The van der Waals surface area contributed by atoms with Crippen LogP contribution in [0.25, 0.3) is 0 Å². The van der Waals surface area contributed by atoms with Gasteiger partial charge in [0.25, 0.3) is 5.91 Å². The number of hydrogen-bond acceptors (Lipinski definition) is 6. The summed E-state index contributed by atoms with van der Waals surface area (Å²) in [4.78, 5) is 56.5. The van der Waals surface area contributed by atoms with E-state index >= 15 is 0 Å². The number of benzene rings is 1. The van der Waals surface area contributed by atoms with E-state index in [0.29, 0.717) is 30.2 Å². The van der Waals surface area contributed by atoms with E-state index < -0.39 is 11.9 Å². The highest BCUT2D eigenvalue weighted by Crippen LogP contribution is 2.32. The van der Waals surface area contributed by atoms with E-state index in [-0.39, 0.29) is 60.1 Å². The summed E-state index contributed by atoms with van der Waals surface area (Å²) in [6, 6.07) is 9.18. The Labute approximate surface area is 248 Å². The van der Waals surface area contributed by atoms with Gasteiger partial charge in [-0.2, -0.15) is 0 Å². The van der Waals surface area contributed by atoms with Gasteiger partial charge in [0.15, 0.2) is 0 Å². The number of hydrogen-bond donors (Lipinski definition) is 2. The molecule has 0 bridgehead atoms. The van der Waals surface area contributed by atoms with Crippen LogP contribution in [0.1, 0.15) is 101 Å². The first-order valence-corrected chi connectivity index (χ1v) is 15.5. The van der Waals surface area contributed by atoms with E-state index in [1.54, 1.807) is 19.2 Å². The number of aliphatic carboxylic acids is 1. The Hall–Kier alpha value is -3.07. The number of amides is 2. The maximum atomic E-state index is 13.3. The molecule has 0 fully saturated rings. The lowest BCUT2D eigenvalue weighted by Gasteiger charge is -2.34. The van der Waals surface area contributed by atoms with Crippen molar-refractivity contribution in [2.24, 2.45) is 17.8 Å². The van der Waals surface area contributed by atoms with Crippen LogP contribution in [0.5, 0.6) is 0 Å². The minimum Gasteiger partial charge on any atom is -0.481 e. The van der Waals surface area contributed by atoms with Crippen LogP contribution < -0.4 is 5.32 Å². The van der Waals surface area contributed by atoms with E-state index in [2.05, 4.69) is 38.0 Å². The van der Waals surface area contributed by atoms with Crippen molar-refractivity contribution >= 4 is 34.9 Å². The summed E-state index contributed by atoms with van der Waals surface area (Å²) in [5.41, 5.74) is 1.25. The second-order valence-electron chi connectivity index (χ2n) is 11.8. The van der Waals surface area contributed by atoms with Gasteiger partial charge in [-0.1, -0.05) is 71.4 Å². The lowest BCUT2D eigenvalue weighted by molar-refractivity contribution is -0.141. The van der Waals surface area contributed by atoms with Crippen molar-refractivity contribution < 1.29 is 24.3 Å². The highest BCUT2D eigenvalue weighted by molar-refractivity contribution is 7.09. The molecule has 2 N–H and O–H groups in total. The van der Waals surface area contributed by atoms with Crippen LogP contribution in [0.4, 0.5) is 0 Å². The molecule has 1 heterocycles. The molecule has 0 aliphatic rings. The van der Waals surface area contributed by atoms with Gasteiger partial charge in [-0.05, 0) is 43.6 Å². The Balaban J connectivity index is 2.24. The van der Waals surface area contributed by atoms with Gasteiger partial charge in [0.1, 0.15) is 11.5 Å². The van der Waals surface area contributed by atoms with Gasteiger partial charge < -0.3 is 20.1 Å². The summed E-state index contributed by atoms with van der Waals surface area (Å²) in [6.45, 7) is 11.5. The average molecular weight is 586 g/mol. The number of thiazole rings is 1. The summed E-state index contributed by atoms with van der Waals surface area (Å²) < 4.78 is 0. The quantitative estimate of drug-likeness (QED) is 0.236. The predicted molar refractivity (Wildman–Crippen MR) is 163 cm³/mol. The standard InChI is InChI=1S/C32H47N3O5S/c1-8-21(4)14-29(37)35(7)28(20(2)3)18-25(16-23(6)36)31-34-27(19-41-31)30(38)33-26(15-22(5)32(39)40)17-24-12-10-9-11-13-24/h9-13,19-22,25-26,28H,8,14-18H2,1-7H3,(H,33,38)(H,39,40)/t21-,22-,25+,26+,28?/m0/s1. The topological polar surface area (TPSA) is 117 Å². The summed E-state index contributed by atoms with van der Waals surface area (Å²) in [5.74, 6) is -1.53. The number of rotatable bonds is 17. The van der Waals surface area contributed by atoms with Crippen molar-refractivity contribution in [1.82, 2.24) is 15.2 Å². The zero-order valence-corrected chi connectivity index (χ0v) is 26.4. The summed E-state index contributed by atoms with van der Waals surface area (Å²) >= 11 is 1.34. The van der Waals surface area contributed by atoms with Crippen LogP contribution in [0, 0.1) is 17.8 Å². The number of nitrogens with zero attached hydrogens (tertiary/aromatic N) is 2. The van der Waals surface area contributed by atoms with E-state index in [4.69, 9.17) is 0 Å².